The van der Waals surface area contributed by atoms with Crippen molar-refractivity contribution in [2.24, 2.45) is 5.16 Å². The number of rotatable bonds is 12. The lowest BCUT2D eigenvalue weighted by atomic mass is 10.2. The van der Waals surface area contributed by atoms with Crippen molar-refractivity contribution in [1.82, 2.24) is 5.00 Å². The van der Waals surface area contributed by atoms with Gasteiger partial charge in [0.2, 0.25) is 0 Å². The third-order valence-corrected chi connectivity index (χ3v) is 2.78. The van der Waals surface area contributed by atoms with E-state index in [0.29, 0.717) is 0 Å². The average molecular weight is 363 g/mol. The van der Waals surface area contributed by atoms with Gasteiger partial charge in [0.15, 0.2) is 0 Å². The highest BCUT2D eigenvalue weighted by Gasteiger charge is 1.83. The van der Waals surface area contributed by atoms with Crippen molar-refractivity contribution < 1.29 is 15.2 Å². The minimum atomic E-state index is 0.722. The molecule has 6 heteroatoms. The van der Waals surface area contributed by atoms with E-state index in [2.05, 4.69) is 55.1 Å². The number of nitrogens with one attached hydrogen (secondary N) is 1. The highest BCUT2D eigenvalue weighted by molar-refractivity contribution is 6.12. The van der Waals surface area contributed by atoms with Gasteiger partial charge in [-0.05, 0) is 57.8 Å². The quantitative estimate of drug-likeness (QED) is 0.0778. The average Bonchev–Trinajstić information content (AvgIpc) is 2.59. The van der Waals surface area contributed by atoms with Crippen LogP contribution in [0.4, 0.5) is 0 Å². The summed E-state index contributed by atoms with van der Waals surface area (Å²) in [6.07, 6.45) is 21.9. The molecule has 142 valence electrons. The van der Waals surface area contributed by atoms with E-state index < -0.39 is 0 Å². The van der Waals surface area contributed by atoms with Gasteiger partial charge >= 0.3 is 0 Å². The molecule has 0 aliphatic carbocycles. The van der Waals surface area contributed by atoms with Crippen molar-refractivity contribution >= 4 is 24.3 Å². The Bertz CT molecular complexity index is 296. The zero-order valence-corrected chi connectivity index (χ0v) is 15.9. The van der Waals surface area contributed by atoms with E-state index >= 15 is 0 Å². The Morgan fingerprint density at radius 1 is 0.875 bits per heavy atom. The largest absolute Gasteiger partial charge is 0.411 e. The minimum absolute atomic E-state index is 0.722. The van der Waals surface area contributed by atoms with Crippen molar-refractivity contribution in [3.05, 3.63) is 24.3 Å². The van der Waals surface area contributed by atoms with Crippen LogP contribution < -0.4 is 5.00 Å². The molecule has 0 aliphatic heterocycles. The maximum Gasteiger partial charge on any atom is 0.119 e. The molecule has 0 aromatic rings. The third kappa shape index (κ3) is 42.8. The zero-order chi connectivity index (χ0) is 18.7. The summed E-state index contributed by atoms with van der Waals surface area (Å²) in [5.74, 6) is 0. The molecule has 5 nitrogen and oxygen atoms in total. The fraction of sp³-hybridized carbons (Fsp3) is 0.667. The van der Waals surface area contributed by atoms with Gasteiger partial charge in [0.1, 0.15) is 6.29 Å². The number of carbonyl (C=O) groups excluding carboxylic acids is 1. The van der Waals surface area contributed by atoms with Crippen molar-refractivity contribution in [2.45, 2.75) is 78.1 Å². The normalized spacial score (nSPS) is 10.5. The minimum Gasteiger partial charge on any atom is -0.411 e. The number of oxime groups is 1. The number of unbranched alkanes of at least 4 members (excludes halogenated alkanes) is 6. The number of hydrogen-bond donors (Lipinski definition) is 3. The van der Waals surface area contributed by atoms with Crippen LogP contribution in [0.5, 0.6) is 0 Å². The van der Waals surface area contributed by atoms with Crippen LogP contribution in [0.15, 0.2) is 29.5 Å². The predicted octanol–water partition coefficient (Wildman–Crippen LogP) is 5.80. The molecule has 0 amide bonds. The fourth-order valence-corrected chi connectivity index (χ4v) is 1.61. The van der Waals surface area contributed by atoms with Gasteiger partial charge < -0.3 is 15.2 Å². The fourth-order valence-electron chi connectivity index (χ4n) is 1.61. The summed E-state index contributed by atoms with van der Waals surface area (Å²) in [6, 6.07) is 0. The first-order chi connectivity index (χ1) is 11.7. The van der Waals surface area contributed by atoms with Crippen LogP contribution in [0.1, 0.15) is 78.1 Å². The van der Waals surface area contributed by atoms with E-state index in [4.69, 9.17) is 10.4 Å². The zero-order valence-electron chi connectivity index (χ0n) is 15.2. The second-order valence-corrected chi connectivity index (χ2v) is 5.05. The highest BCUT2D eigenvalue weighted by Crippen LogP contribution is 1.99. The Balaban J connectivity index is -0.000000317. The number of halogens is 1. The van der Waals surface area contributed by atoms with Gasteiger partial charge in [-0.15, -0.1) is 10.2 Å². The van der Waals surface area contributed by atoms with Gasteiger partial charge in [-0.1, -0.05) is 38.2 Å². The monoisotopic (exact) mass is 362 g/mol. The Kier molecular flexibility index (Phi) is 38.5. The molecule has 0 bridgehead atoms. The Labute approximate surface area is 152 Å². The maximum absolute atomic E-state index is 9.88. The van der Waals surface area contributed by atoms with E-state index in [1.54, 1.807) is 6.21 Å². The van der Waals surface area contributed by atoms with Crippen LogP contribution >= 0.6 is 11.8 Å². The SMILES string of the molecule is CC/C=C\CCCC/C=N/O.CC/C=C\CCCCC=O.ONCl. The molecule has 0 saturated carbocycles. The van der Waals surface area contributed by atoms with Gasteiger partial charge in [0.05, 0.1) is 0 Å². The van der Waals surface area contributed by atoms with Gasteiger partial charge in [0.25, 0.3) is 0 Å². The number of hydrogen-bond acceptors (Lipinski definition) is 5. The topological polar surface area (TPSA) is 81.9 Å². The van der Waals surface area contributed by atoms with Crippen molar-refractivity contribution in [2.75, 3.05) is 0 Å². The molecule has 3 N–H and O–H groups in total. The molecule has 0 rings (SSSR count). The van der Waals surface area contributed by atoms with Crippen LogP contribution in [0.25, 0.3) is 0 Å². The number of carbonyl (C=O) groups is 1. The first kappa shape index (κ1) is 27.7. The van der Waals surface area contributed by atoms with Crippen molar-refractivity contribution in [1.29, 1.82) is 0 Å². The lowest BCUT2D eigenvalue weighted by molar-refractivity contribution is -0.107. The third-order valence-electron chi connectivity index (χ3n) is 2.78. The molecular formula is C18H35ClN2O3. The van der Waals surface area contributed by atoms with E-state index in [1.807, 2.05) is 0 Å². The summed E-state index contributed by atoms with van der Waals surface area (Å²) < 4.78 is 0. The Morgan fingerprint density at radius 2 is 1.29 bits per heavy atom. The van der Waals surface area contributed by atoms with Crippen LogP contribution in [-0.4, -0.2) is 22.9 Å². The molecular weight excluding hydrogens is 328 g/mol. The summed E-state index contributed by atoms with van der Waals surface area (Å²) in [5, 5.41) is 18.1. The Morgan fingerprint density at radius 3 is 1.67 bits per heavy atom. The second kappa shape index (κ2) is 33.4. The lowest BCUT2D eigenvalue weighted by Crippen LogP contribution is -1.78. The summed E-state index contributed by atoms with van der Waals surface area (Å²) >= 11 is 4.30. The molecule has 0 aliphatic rings. The molecule has 0 radical (unpaired) electrons. The van der Waals surface area contributed by atoms with Gasteiger partial charge in [-0.3, -0.25) is 0 Å². The summed E-state index contributed by atoms with van der Waals surface area (Å²) in [7, 11) is 0. The number of nitrogens with zero attached hydrogens (tertiary/aromatic N) is 1. The van der Waals surface area contributed by atoms with Gasteiger partial charge in [0, 0.05) is 24.4 Å². The molecule has 0 spiro atoms. The summed E-state index contributed by atoms with van der Waals surface area (Å²) in [5.41, 5.74) is 0. The van der Waals surface area contributed by atoms with Crippen LogP contribution in [0.2, 0.25) is 0 Å². The molecule has 0 heterocycles. The standard InChI is InChI=1S/C9H17NO.C9H16O.ClH2NO/c1-2-3-4-5-6-7-8-9-10-11;1-2-3-4-5-6-7-8-9-10;1-2-3/h3-4,9,11H,2,5-8H2,1H3;3-4,9H,2,5-8H2,1H3;2-3H/b4-3-,10-9+;4-3-;. The summed E-state index contributed by atoms with van der Waals surface area (Å²) in [6.45, 7) is 4.26. The molecule has 0 aromatic heterocycles. The van der Waals surface area contributed by atoms with E-state index in [0.717, 1.165) is 64.1 Å². The molecule has 0 atom stereocenters. The van der Waals surface area contributed by atoms with Crippen molar-refractivity contribution in [3.8, 4) is 0 Å². The first-order valence-electron chi connectivity index (χ1n) is 8.64. The summed E-state index contributed by atoms with van der Waals surface area (Å²) in [4.78, 5) is 11.1. The van der Waals surface area contributed by atoms with Crippen LogP contribution in [0.3, 0.4) is 0 Å². The maximum atomic E-state index is 9.88. The number of allylic oxidation sites excluding steroid dienone is 4. The van der Waals surface area contributed by atoms with E-state index in [1.165, 1.54) is 11.4 Å². The lowest BCUT2D eigenvalue weighted by Gasteiger charge is -1.90. The van der Waals surface area contributed by atoms with Crippen LogP contribution in [-0.2, 0) is 4.79 Å². The molecule has 0 saturated heterocycles. The van der Waals surface area contributed by atoms with E-state index in [9.17, 15) is 4.79 Å². The highest BCUT2D eigenvalue weighted by atomic mass is 35.5. The molecule has 24 heavy (non-hydrogen) atoms. The van der Waals surface area contributed by atoms with E-state index in [-0.39, 0.29) is 0 Å². The molecule has 0 aromatic carbocycles. The number of aldehydes is 1. The van der Waals surface area contributed by atoms with Gasteiger partial charge in [-0.2, -0.15) is 0 Å². The molecule has 0 unspecified atom stereocenters. The van der Waals surface area contributed by atoms with Crippen molar-refractivity contribution in [3.63, 3.8) is 0 Å². The van der Waals surface area contributed by atoms with Crippen LogP contribution in [0, 0.1) is 0 Å². The molecule has 0 fully saturated rings. The smallest absolute Gasteiger partial charge is 0.119 e. The first-order valence-corrected chi connectivity index (χ1v) is 9.01. The predicted molar refractivity (Wildman–Crippen MR) is 103 cm³/mol. The van der Waals surface area contributed by atoms with Gasteiger partial charge in [-0.25, -0.2) is 0 Å². The Hall–Kier alpha value is -1.17. The second-order valence-electron chi connectivity index (χ2n) is 4.88.